The molecule has 0 unspecified atom stereocenters. The summed E-state index contributed by atoms with van der Waals surface area (Å²) < 4.78 is 207. The highest BCUT2D eigenvalue weighted by Gasteiger charge is 2.58. The fourth-order valence-electron chi connectivity index (χ4n) is 8.51. The lowest BCUT2D eigenvalue weighted by Gasteiger charge is -2.26. The second kappa shape index (κ2) is 37.9. The van der Waals surface area contributed by atoms with E-state index in [1.54, 1.807) is 6.92 Å². The third-order valence-corrected chi connectivity index (χ3v) is 21.9. The number of benzene rings is 4. The van der Waals surface area contributed by atoms with E-state index in [9.17, 15) is 55.0 Å². The van der Waals surface area contributed by atoms with Crippen molar-refractivity contribution in [1.29, 1.82) is 0 Å². The summed E-state index contributed by atoms with van der Waals surface area (Å²) in [6, 6.07) is 18.0. The van der Waals surface area contributed by atoms with Gasteiger partial charge in [0.25, 0.3) is 0 Å². The van der Waals surface area contributed by atoms with Crippen molar-refractivity contribution in [3.8, 4) is 0 Å². The zero-order valence-electron chi connectivity index (χ0n) is 53.9. The van der Waals surface area contributed by atoms with E-state index in [0.717, 1.165) is 48.5 Å². The number of carboxylic acid groups (broad SMARTS) is 1. The van der Waals surface area contributed by atoms with E-state index in [-0.39, 0.29) is 84.4 Å². The Kier molecular flexibility index (Phi) is 34.2. The summed E-state index contributed by atoms with van der Waals surface area (Å²) >= 11 is 0. The standard InChI is InChI=1S/C30H42F4N2O8P2.C15H23F2N2O4P.C15H21F2O5P/c1-7-41-45(39,42-8-2)29(31,32)24-15-11-22(12-16-24)19-21(5)27(37)36-26(28(38)35-6)20-23-13-17-25(18-14-23)30(33,34)46(40,43-9-3)44-10-4;1-4-22-24(21,23-5-2)15(16,17)12-8-6-11(7-9-12)10-13(18)14(20)19-3;1-4-21-23(20,22-5-2)15(16,17)13-8-6-12(7-9-13)10-11(3)14(18)19/h11-18,21,26H,7-10,19-20H2,1-6H3,(H,35,38)(H,36,37);6-9,13H,4-5,10,18H2,1-3H3,(H,19,20);6-9,11H,4-5,10H2,1-3H3,(H,18,19)/t21-,26-;13-;11-/m000/s1. The average molecular weight is 1410 g/mol. The van der Waals surface area contributed by atoms with Crippen molar-refractivity contribution in [3.05, 3.63) is 142 Å². The Morgan fingerprint density at radius 2 is 0.624 bits per heavy atom. The van der Waals surface area contributed by atoms with Gasteiger partial charge in [0.15, 0.2) is 0 Å². The molecule has 33 heteroatoms. The minimum atomic E-state index is -4.81. The van der Waals surface area contributed by atoms with Crippen LogP contribution in [-0.4, -0.2) is 108 Å². The van der Waals surface area contributed by atoms with E-state index in [4.69, 9.17) is 47.0 Å². The quantitative estimate of drug-likeness (QED) is 0.0207. The average Bonchev–Trinajstić information content (AvgIpc) is 0.808. The van der Waals surface area contributed by atoms with E-state index >= 15 is 17.6 Å². The monoisotopic (exact) mass is 1410 g/mol. The third-order valence-electron chi connectivity index (χ3n) is 13.3. The van der Waals surface area contributed by atoms with Gasteiger partial charge in [-0.25, -0.2) is 0 Å². The maximum atomic E-state index is 15.1. The number of rotatable bonds is 37. The summed E-state index contributed by atoms with van der Waals surface area (Å²) in [4.78, 5) is 47.9. The molecule has 21 nitrogen and oxygen atoms in total. The molecule has 0 aliphatic heterocycles. The molecule has 0 spiro atoms. The van der Waals surface area contributed by atoms with Gasteiger partial charge in [-0.05, 0) is 96.9 Å². The van der Waals surface area contributed by atoms with E-state index in [1.165, 1.54) is 125 Å². The number of halogens is 8. The maximum Gasteiger partial charge on any atom is 0.404 e. The van der Waals surface area contributed by atoms with Gasteiger partial charge < -0.3 is 63.0 Å². The van der Waals surface area contributed by atoms with Crippen LogP contribution < -0.4 is 21.7 Å². The van der Waals surface area contributed by atoms with Gasteiger partial charge in [-0.2, -0.15) is 35.1 Å². The number of nitrogens with two attached hydrogens (primary N) is 1. The predicted molar refractivity (Wildman–Crippen MR) is 334 cm³/mol. The third kappa shape index (κ3) is 22.4. The van der Waals surface area contributed by atoms with Gasteiger partial charge in [0, 0.05) is 48.7 Å². The molecule has 0 aliphatic rings. The molecule has 4 atom stereocenters. The van der Waals surface area contributed by atoms with Crippen LogP contribution in [0.15, 0.2) is 97.1 Å². The number of carbonyl (C=O) groups excluding carboxylic acids is 3. The van der Waals surface area contributed by atoms with Crippen LogP contribution >= 0.6 is 30.4 Å². The summed E-state index contributed by atoms with van der Waals surface area (Å²) in [5, 5.41) is 16.4. The number of amides is 3. The molecule has 6 N–H and O–H groups in total. The van der Waals surface area contributed by atoms with Crippen molar-refractivity contribution in [3.63, 3.8) is 0 Å². The summed E-state index contributed by atoms with van der Waals surface area (Å²) in [7, 11) is -16.0. The van der Waals surface area contributed by atoms with Crippen LogP contribution in [0.4, 0.5) is 35.1 Å². The number of hydrogen-bond donors (Lipinski definition) is 5. The normalized spacial score (nSPS) is 13.9. The lowest BCUT2D eigenvalue weighted by atomic mass is 9.98. The number of carbonyl (C=O) groups is 4. The molecule has 524 valence electrons. The van der Waals surface area contributed by atoms with E-state index in [0.29, 0.717) is 22.3 Å². The van der Waals surface area contributed by atoms with Crippen LogP contribution in [0.25, 0.3) is 0 Å². The summed E-state index contributed by atoms with van der Waals surface area (Å²) in [5.74, 6) is -3.69. The summed E-state index contributed by atoms with van der Waals surface area (Å²) in [5.41, 5.74) is -9.69. The van der Waals surface area contributed by atoms with Crippen molar-refractivity contribution in [1.82, 2.24) is 16.0 Å². The second-order valence-electron chi connectivity index (χ2n) is 20.1. The van der Waals surface area contributed by atoms with Gasteiger partial charge in [0.05, 0.1) is 64.8 Å². The van der Waals surface area contributed by atoms with Crippen LogP contribution in [-0.2, 0) is 122 Å². The Morgan fingerprint density at radius 1 is 0.398 bits per heavy atom. The highest BCUT2D eigenvalue weighted by atomic mass is 31.2. The Morgan fingerprint density at radius 3 is 0.849 bits per heavy atom. The lowest BCUT2D eigenvalue weighted by molar-refractivity contribution is -0.141. The van der Waals surface area contributed by atoms with Crippen LogP contribution in [0, 0.1) is 11.8 Å². The van der Waals surface area contributed by atoms with Crippen LogP contribution in [0.5, 0.6) is 0 Å². The maximum absolute atomic E-state index is 15.1. The van der Waals surface area contributed by atoms with E-state index in [1.807, 2.05) is 0 Å². The van der Waals surface area contributed by atoms with Crippen LogP contribution in [0.1, 0.15) is 114 Å². The number of carboxylic acids is 1. The minimum Gasteiger partial charge on any atom is -0.481 e. The molecule has 0 saturated carbocycles. The first-order chi connectivity index (χ1) is 43.4. The van der Waals surface area contributed by atoms with E-state index in [2.05, 4.69) is 16.0 Å². The first-order valence-corrected chi connectivity index (χ1v) is 35.8. The SMILES string of the molecule is CCOP(=O)(OCC)C(F)(F)c1ccc(C[C@H](C)C(=O)O)cc1.CCOP(=O)(OCC)C(F)(F)c1ccc(C[C@H](N)C(=O)NC)cc1.CCOP(=O)(OCC)C(F)(F)c1ccc(C[C@H](NC(=O)[C@@H](C)Cc2ccc(C(F)(F)P(=O)(OCC)OCC)cc2)C(=O)NC)cc1. The Labute approximate surface area is 537 Å². The van der Waals surface area contributed by atoms with Crippen molar-refractivity contribution in [2.75, 3.05) is 67.0 Å². The molecule has 4 aromatic rings. The number of nitrogens with one attached hydrogen (secondary N) is 3. The smallest absolute Gasteiger partial charge is 0.404 e. The first-order valence-electron chi connectivity index (χ1n) is 29.6. The first kappa shape index (κ1) is 83.8. The van der Waals surface area contributed by atoms with E-state index < -0.39 is 117 Å². The van der Waals surface area contributed by atoms with Gasteiger partial charge in [0.2, 0.25) is 17.7 Å². The molecule has 0 heterocycles. The predicted octanol–water partition coefficient (Wildman–Crippen LogP) is 13.9. The van der Waals surface area contributed by atoms with Gasteiger partial charge >= 0.3 is 59.0 Å². The Hall–Kier alpha value is -5.24. The minimum absolute atomic E-state index is 0.0535. The Balaban J connectivity index is 0.000000525. The Bertz CT molecular complexity index is 3150. The highest BCUT2D eigenvalue weighted by Crippen LogP contribution is 2.69. The molecule has 0 bridgehead atoms. The van der Waals surface area contributed by atoms with Gasteiger partial charge in [-0.3, -0.25) is 37.4 Å². The molecule has 0 fully saturated rings. The fraction of sp³-hybridized carbons (Fsp3) is 0.533. The zero-order valence-corrected chi connectivity index (χ0v) is 57.5. The van der Waals surface area contributed by atoms with Crippen LogP contribution in [0.3, 0.4) is 0 Å². The number of alkyl halides is 8. The molecular weight excluding hydrogens is 1320 g/mol. The molecule has 93 heavy (non-hydrogen) atoms. The molecular formula is C60H86F8N4O17P4. The fourth-order valence-corrected chi connectivity index (χ4v) is 14.7. The topological polar surface area (TPSA) is 293 Å². The molecule has 0 radical (unpaired) electrons. The molecule has 0 aliphatic carbocycles. The summed E-state index contributed by atoms with van der Waals surface area (Å²) in [6.45, 7) is 13.0. The van der Waals surface area contributed by atoms with Gasteiger partial charge in [-0.1, -0.05) is 111 Å². The largest absolute Gasteiger partial charge is 0.481 e. The molecule has 0 aromatic heterocycles. The summed E-state index contributed by atoms with van der Waals surface area (Å²) in [6.07, 6.45) is 0.480. The zero-order chi connectivity index (χ0) is 70.8. The molecule has 4 rings (SSSR count). The number of likely N-dealkylation sites (N-methyl/N-ethyl adjacent to an activating group) is 2. The van der Waals surface area contributed by atoms with Gasteiger partial charge in [-0.15, -0.1) is 0 Å². The molecule has 3 amide bonds. The number of hydrogen-bond acceptors (Lipinski definition) is 17. The second-order valence-corrected chi connectivity index (χ2v) is 28.4. The lowest BCUT2D eigenvalue weighted by Crippen LogP contribution is -2.48. The van der Waals surface area contributed by atoms with Crippen molar-refractivity contribution in [2.45, 2.75) is 130 Å². The van der Waals surface area contributed by atoms with Crippen LogP contribution in [0.2, 0.25) is 0 Å². The van der Waals surface area contributed by atoms with Crippen molar-refractivity contribution < 1.29 is 114 Å². The van der Waals surface area contributed by atoms with Crippen molar-refractivity contribution >= 4 is 54.1 Å². The highest BCUT2D eigenvalue weighted by molar-refractivity contribution is 7.55. The molecule has 0 saturated heterocycles. The molecule has 4 aromatic carbocycles. The number of aliphatic carboxylic acids is 1. The van der Waals surface area contributed by atoms with Crippen molar-refractivity contribution in [2.24, 2.45) is 17.6 Å². The van der Waals surface area contributed by atoms with Gasteiger partial charge in [0.1, 0.15) is 6.04 Å².